The molecule has 1 fully saturated rings. The molecule has 0 saturated heterocycles. The molecule has 3 unspecified atom stereocenters. The Morgan fingerprint density at radius 2 is 2.18 bits per heavy atom. The molecule has 0 aromatic carbocycles. The number of allylic oxidation sites excluding steroid dienone is 2. The second-order valence-corrected chi connectivity index (χ2v) is 4.97. The summed E-state index contributed by atoms with van der Waals surface area (Å²) in [7, 11) is 2.29. The Bertz CT molecular complexity index is 215. The van der Waals surface area contributed by atoms with E-state index < -0.39 is 0 Å². The minimum absolute atomic E-state index is 0.610. The molecule has 0 N–H and O–H groups in total. The lowest BCUT2D eigenvalue weighted by molar-refractivity contribution is -0.0279. The van der Waals surface area contributed by atoms with Gasteiger partial charge in [-0.25, -0.2) is 0 Å². The second kappa shape index (κ2) is 1.94. The van der Waals surface area contributed by atoms with Crippen molar-refractivity contribution >= 4 is 7.85 Å². The van der Waals surface area contributed by atoms with Crippen LogP contribution in [-0.2, 0) is 0 Å². The molecule has 0 aromatic rings. The van der Waals surface area contributed by atoms with Gasteiger partial charge < -0.3 is 0 Å². The first-order valence-electron chi connectivity index (χ1n) is 4.72. The maximum atomic E-state index is 2.50. The molecule has 0 spiro atoms. The van der Waals surface area contributed by atoms with Crippen molar-refractivity contribution in [2.24, 2.45) is 23.2 Å². The molecule has 0 nitrogen and oxygen atoms in total. The fourth-order valence-electron chi connectivity index (χ4n) is 2.91. The number of fused-ring (bicyclic) bond motifs is 1. The van der Waals surface area contributed by atoms with Gasteiger partial charge in [0.15, 0.2) is 0 Å². The number of hydrogen-bond donors (Lipinski definition) is 0. The summed E-state index contributed by atoms with van der Waals surface area (Å²) in [6.45, 7) is 7.23. The van der Waals surface area contributed by atoms with Crippen LogP contribution in [0.2, 0.25) is 0 Å². The first-order chi connectivity index (χ1) is 5.03. The van der Waals surface area contributed by atoms with Crippen LogP contribution in [0.4, 0.5) is 0 Å². The summed E-state index contributed by atoms with van der Waals surface area (Å²) in [5.74, 6) is 2.70. The highest BCUT2D eigenvalue weighted by Crippen LogP contribution is 2.59. The van der Waals surface area contributed by atoms with Gasteiger partial charge in [0.25, 0.3) is 0 Å². The SMILES string of the molecule is BC1=CC2CC(C1C)C2(C)C. The highest BCUT2D eigenvalue weighted by atomic mass is 14.6. The molecule has 0 amide bonds. The van der Waals surface area contributed by atoms with Crippen LogP contribution in [0.25, 0.3) is 0 Å². The predicted molar refractivity (Wildman–Crippen MR) is 51.2 cm³/mol. The second-order valence-electron chi connectivity index (χ2n) is 4.97. The predicted octanol–water partition coefficient (Wildman–Crippen LogP) is 1.82. The van der Waals surface area contributed by atoms with Crippen molar-refractivity contribution in [1.82, 2.24) is 0 Å². The topological polar surface area (TPSA) is 0 Å². The van der Waals surface area contributed by atoms with Crippen molar-refractivity contribution in [3.63, 3.8) is 0 Å². The molecule has 0 radical (unpaired) electrons. The zero-order valence-corrected chi connectivity index (χ0v) is 8.02. The van der Waals surface area contributed by atoms with Crippen LogP contribution in [-0.4, -0.2) is 7.85 Å². The molecule has 2 bridgehead atoms. The summed E-state index contributed by atoms with van der Waals surface area (Å²) in [6, 6.07) is 0. The third-order valence-corrected chi connectivity index (χ3v) is 4.21. The Morgan fingerprint density at radius 1 is 1.55 bits per heavy atom. The van der Waals surface area contributed by atoms with Gasteiger partial charge in [-0.3, -0.25) is 0 Å². The van der Waals surface area contributed by atoms with E-state index in [1.807, 2.05) is 0 Å². The summed E-state index contributed by atoms with van der Waals surface area (Å²) in [5, 5.41) is 0. The van der Waals surface area contributed by atoms with Gasteiger partial charge in [-0.2, -0.15) is 0 Å². The molecule has 11 heavy (non-hydrogen) atoms. The Labute approximate surface area is 70.5 Å². The van der Waals surface area contributed by atoms with Gasteiger partial charge in [-0.15, -0.1) is 5.47 Å². The Kier molecular flexibility index (Phi) is 1.31. The lowest BCUT2D eigenvalue weighted by Crippen LogP contribution is -2.50. The molecule has 1 saturated carbocycles. The number of rotatable bonds is 0. The Morgan fingerprint density at radius 3 is 2.55 bits per heavy atom. The van der Waals surface area contributed by atoms with Gasteiger partial charge in [0.1, 0.15) is 7.85 Å². The van der Waals surface area contributed by atoms with Gasteiger partial charge >= 0.3 is 0 Å². The third-order valence-electron chi connectivity index (χ3n) is 4.21. The van der Waals surface area contributed by atoms with Crippen molar-refractivity contribution in [1.29, 1.82) is 0 Å². The van der Waals surface area contributed by atoms with Crippen LogP contribution >= 0.6 is 0 Å². The highest BCUT2D eigenvalue weighted by molar-refractivity contribution is 6.22. The number of hydrogen-bond acceptors (Lipinski definition) is 0. The standard InChI is InChI=1S/C10H17B/c1-6-8-4-7(5-9(6)11)10(8,2)3/h5-8H,4,11H2,1-3H3. The summed E-state index contributed by atoms with van der Waals surface area (Å²) in [5.41, 5.74) is 2.24. The van der Waals surface area contributed by atoms with Crippen LogP contribution in [0.3, 0.4) is 0 Å². The van der Waals surface area contributed by atoms with Gasteiger partial charge in [-0.1, -0.05) is 26.8 Å². The first-order valence-corrected chi connectivity index (χ1v) is 4.72. The van der Waals surface area contributed by atoms with Crippen molar-refractivity contribution < 1.29 is 0 Å². The summed E-state index contributed by atoms with van der Waals surface area (Å²) >= 11 is 0. The zero-order chi connectivity index (χ0) is 8.22. The van der Waals surface area contributed by atoms with Crippen LogP contribution in [0.1, 0.15) is 27.2 Å². The Hall–Kier alpha value is -0.195. The molecule has 0 aromatic heterocycles. The van der Waals surface area contributed by atoms with E-state index in [0.717, 1.165) is 17.8 Å². The van der Waals surface area contributed by atoms with E-state index in [2.05, 4.69) is 34.7 Å². The largest absolute Gasteiger partial charge is 0.133 e. The fourth-order valence-corrected chi connectivity index (χ4v) is 2.91. The van der Waals surface area contributed by atoms with E-state index in [0.29, 0.717) is 5.41 Å². The lowest BCUT2D eigenvalue weighted by Gasteiger charge is -2.58. The molecule has 3 aliphatic rings. The maximum Gasteiger partial charge on any atom is 0.133 e. The van der Waals surface area contributed by atoms with Crippen LogP contribution in [0, 0.1) is 23.2 Å². The summed E-state index contributed by atoms with van der Waals surface area (Å²) in [4.78, 5) is 0. The normalized spacial score (nSPS) is 46.1. The van der Waals surface area contributed by atoms with Crippen molar-refractivity contribution in [2.45, 2.75) is 27.2 Å². The lowest BCUT2D eigenvalue weighted by atomic mass is 9.45. The molecule has 1 heteroatoms. The molecule has 60 valence electrons. The molecule has 0 aliphatic heterocycles. The fraction of sp³-hybridized carbons (Fsp3) is 0.800. The van der Waals surface area contributed by atoms with E-state index >= 15 is 0 Å². The highest BCUT2D eigenvalue weighted by Gasteiger charge is 2.51. The monoisotopic (exact) mass is 148 g/mol. The average molecular weight is 148 g/mol. The van der Waals surface area contributed by atoms with E-state index in [4.69, 9.17) is 0 Å². The van der Waals surface area contributed by atoms with Gasteiger partial charge in [0.2, 0.25) is 0 Å². The van der Waals surface area contributed by atoms with Gasteiger partial charge in [0.05, 0.1) is 0 Å². The molecule has 3 rings (SSSR count). The maximum absolute atomic E-state index is 2.50. The minimum atomic E-state index is 0.610. The summed E-state index contributed by atoms with van der Waals surface area (Å²) < 4.78 is 0. The molecular formula is C10H17B. The van der Waals surface area contributed by atoms with Crippen molar-refractivity contribution in [3.05, 3.63) is 11.5 Å². The molecule has 3 atom stereocenters. The average Bonchev–Trinajstić information content (AvgIpc) is 1.93. The quantitative estimate of drug-likeness (QED) is 0.459. The van der Waals surface area contributed by atoms with Crippen LogP contribution in [0.5, 0.6) is 0 Å². The van der Waals surface area contributed by atoms with Crippen molar-refractivity contribution in [3.8, 4) is 0 Å². The van der Waals surface area contributed by atoms with Gasteiger partial charge in [0, 0.05) is 0 Å². The molecule has 0 heterocycles. The van der Waals surface area contributed by atoms with Crippen LogP contribution < -0.4 is 0 Å². The minimum Gasteiger partial charge on any atom is -0.111 e. The van der Waals surface area contributed by atoms with Gasteiger partial charge in [-0.05, 0) is 29.6 Å². The van der Waals surface area contributed by atoms with E-state index in [9.17, 15) is 0 Å². The van der Waals surface area contributed by atoms with E-state index in [-0.39, 0.29) is 0 Å². The van der Waals surface area contributed by atoms with Crippen LogP contribution in [0.15, 0.2) is 11.5 Å². The van der Waals surface area contributed by atoms with Crippen molar-refractivity contribution in [2.75, 3.05) is 0 Å². The Balaban J connectivity index is 2.32. The zero-order valence-electron chi connectivity index (χ0n) is 8.02. The first kappa shape index (κ1) is 7.45. The summed E-state index contributed by atoms with van der Waals surface area (Å²) in [6.07, 6.45) is 3.95. The molecule has 3 aliphatic carbocycles. The smallest absolute Gasteiger partial charge is 0.111 e. The van der Waals surface area contributed by atoms with E-state index in [1.54, 1.807) is 5.47 Å². The molecular weight excluding hydrogens is 131 g/mol. The van der Waals surface area contributed by atoms with E-state index in [1.165, 1.54) is 6.42 Å². The third kappa shape index (κ3) is 0.773.